The fourth-order valence-electron chi connectivity index (χ4n) is 1.95. The molecule has 28 heavy (non-hydrogen) atoms. The number of carbonyl (C=O) groups is 2. The molecule has 0 saturated heterocycles. The van der Waals surface area contributed by atoms with E-state index in [2.05, 4.69) is 19.2 Å². The molecule has 0 saturated carbocycles. The van der Waals surface area contributed by atoms with E-state index in [9.17, 15) is 35.9 Å². The maximum absolute atomic E-state index is 13.2. The molecule has 12 heteroatoms. The summed E-state index contributed by atoms with van der Waals surface area (Å²) in [4.78, 5) is 26.0. The molecular formula is C16H9F6NO5. The molecule has 0 spiro atoms. The molecule has 0 aliphatic carbocycles. The van der Waals surface area contributed by atoms with Gasteiger partial charge in [-0.15, -0.1) is 0 Å². The molecule has 1 heterocycles. The number of esters is 1. The first-order valence-electron chi connectivity index (χ1n) is 7.16. The summed E-state index contributed by atoms with van der Waals surface area (Å²) in [6.07, 6.45) is -12.5. The molecule has 2 rings (SSSR count). The van der Waals surface area contributed by atoms with Crippen LogP contribution in [0.2, 0.25) is 0 Å². The van der Waals surface area contributed by atoms with Crippen LogP contribution in [0.1, 0.15) is 21.7 Å². The zero-order valence-corrected chi connectivity index (χ0v) is 13.7. The van der Waals surface area contributed by atoms with E-state index < -0.39 is 47.2 Å². The van der Waals surface area contributed by atoms with Crippen molar-refractivity contribution in [3.8, 4) is 11.5 Å². The van der Waals surface area contributed by atoms with Gasteiger partial charge < -0.3 is 14.2 Å². The highest BCUT2D eigenvalue weighted by atomic mass is 19.4. The molecule has 150 valence electrons. The number of hydrogen-bond acceptors (Lipinski definition) is 6. The summed E-state index contributed by atoms with van der Waals surface area (Å²) < 4.78 is 91.5. The average molecular weight is 409 g/mol. The summed E-state index contributed by atoms with van der Waals surface area (Å²) in [6.45, 7) is 0. The van der Waals surface area contributed by atoms with Crippen LogP contribution in [0.5, 0.6) is 11.5 Å². The molecule has 0 aliphatic heterocycles. The highest BCUT2D eigenvalue weighted by molar-refractivity contribution is 5.94. The molecule has 0 unspecified atom stereocenters. The lowest BCUT2D eigenvalue weighted by atomic mass is 10.1. The van der Waals surface area contributed by atoms with Crippen molar-refractivity contribution in [2.45, 2.75) is 12.4 Å². The van der Waals surface area contributed by atoms with E-state index in [4.69, 9.17) is 0 Å². The lowest BCUT2D eigenvalue weighted by molar-refractivity contribution is -0.150. The van der Waals surface area contributed by atoms with E-state index in [0.29, 0.717) is 7.11 Å². The third-order valence-electron chi connectivity index (χ3n) is 3.07. The summed E-state index contributed by atoms with van der Waals surface area (Å²) in [5, 5.41) is 0. The number of rotatable bonds is 3. The SMILES string of the molecule is COC(=O)c1c(OC(=O)Oc2ccccc2)cc(C(F)(F)F)nc1C(F)(F)F. The number of nitrogens with zero attached hydrogens (tertiary/aromatic N) is 1. The maximum Gasteiger partial charge on any atom is 0.519 e. The molecule has 6 nitrogen and oxygen atoms in total. The first-order valence-corrected chi connectivity index (χ1v) is 7.16. The second-order valence-corrected chi connectivity index (χ2v) is 4.98. The van der Waals surface area contributed by atoms with E-state index in [1.54, 1.807) is 6.07 Å². The Kier molecular flexibility index (Phi) is 5.81. The van der Waals surface area contributed by atoms with Gasteiger partial charge in [-0.3, -0.25) is 0 Å². The van der Waals surface area contributed by atoms with Gasteiger partial charge in [-0.25, -0.2) is 14.6 Å². The average Bonchev–Trinajstić information content (AvgIpc) is 2.59. The quantitative estimate of drug-likeness (QED) is 0.423. The summed E-state index contributed by atoms with van der Waals surface area (Å²) in [6, 6.07) is 6.96. The third-order valence-corrected chi connectivity index (χ3v) is 3.07. The topological polar surface area (TPSA) is 74.7 Å². The summed E-state index contributed by atoms with van der Waals surface area (Å²) in [5.41, 5.74) is -5.76. The van der Waals surface area contributed by atoms with E-state index in [1.165, 1.54) is 24.3 Å². The van der Waals surface area contributed by atoms with Crippen molar-refractivity contribution in [3.05, 3.63) is 53.3 Å². The Morgan fingerprint density at radius 3 is 2.04 bits per heavy atom. The highest BCUT2D eigenvalue weighted by Crippen LogP contribution is 2.39. The molecule has 0 atom stereocenters. The van der Waals surface area contributed by atoms with Gasteiger partial charge in [-0.05, 0) is 12.1 Å². The number of ether oxygens (including phenoxy) is 3. The molecular weight excluding hydrogens is 400 g/mol. The van der Waals surface area contributed by atoms with Crippen LogP contribution in [0.3, 0.4) is 0 Å². The Morgan fingerprint density at radius 2 is 1.54 bits per heavy atom. The smallest absolute Gasteiger partial charge is 0.465 e. The number of carbonyl (C=O) groups excluding carboxylic acids is 2. The number of aromatic nitrogens is 1. The zero-order chi connectivity index (χ0) is 21.1. The van der Waals surface area contributed by atoms with Gasteiger partial charge in [0, 0.05) is 6.07 Å². The van der Waals surface area contributed by atoms with Crippen molar-refractivity contribution in [2.24, 2.45) is 0 Å². The van der Waals surface area contributed by atoms with Crippen LogP contribution in [-0.4, -0.2) is 24.2 Å². The minimum absolute atomic E-state index is 0.0340. The van der Waals surface area contributed by atoms with Gasteiger partial charge in [-0.1, -0.05) is 18.2 Å². The van der Waals surface area contributed by atoms with Gasteiger partial charge in [0.05, 0.1) is 7.11 Å². The summed E-state index contributed by atoms with van der Waals surface area (Å²) >= 11 is 0. The largest absolute Gasteiger partial charge is 0.519 e. The Bertz CT molecular complexity index is 880. The predicted molar refractivity (Wildman–Crippen MR) is 78.7 cm³/mol. The number of halogens is 6. The Morgan fingerprint density at radius 1 is 0.929 bits per heavy atom. The Labute approximate surface area is 152 Å². The van der Waals surface area contributed by atoms with Gasteiger partial charge in [0.1, 0.15) is 17.0 Å². The normalized spacial score (nSPS) is 11.7. The Balaban J connectivity index is 2.56. The fraction of sp³-hybridized carbons (Fsp3) is 0.188. The van der Waals surface area contributed by atoms with Crippen LogP contribution in [0, 0.1) is 0 Å². The van der Waals surface area contributed by atoms with Crippen LogP contribution >= 0.6 is 0 Å². The van der Waals surface area contributed by atoms with Crippen molar-refractivity contribution in [1.29, 1.82) is 0 Å². The molecule has 0 aliphatic rings. The molecule has 0 fully saturated rings. The number of hydrogen-bond donors (Lipinski definition) is 0. The molecule has 0 N–H and O–H groups in total. The van der Waals surface area contributed by atoms with Gasteiger partial charge in [-0.2, -0.15) is 26.3 Å². The van der Waals surface area contributed by atoms with Gasteiger partial charge in [0.2, 0.25) is 0 Å². The minimum atomic E-state index is -5.48. The van der Waals surface area contributed by atoms with Gasteiger partial charge in [0.15, 0.2) is 11.4 Å². The van der Waals surface area contributed by atoms with Crippen LogP contribution in [0.25, 0.3) is 0 Å². The van der Waals surface area contributed by atoms with Crippen molar-refractivity contribution in [1.82, 2.24) is 4.98 Å². The van der Waals surface area contributed by atoms with Gasteiger partial charge in [0.25, 0.3) is 0 Å². The summed E-state index contributed by atoms with van der Waals surface area (Å²) in [7, 11) is 0.687. The monoisotopic (exact) mass is 409 g/mol. The van der Waals surface area contributed by atoms with Gasteiger partial charge >= 0.3 is 24.5 Å². The molecule has 0 bridgehead atoms. The van der Waals surface area contributed by atoms with Crippen molar-refractivity contribution < 1.29 is 50.1 Å². The molecule has 0 amide bonds. The van der Waals surface area contributed by atoms with Crippen molar-refractivity contribution >= 4 is 12.1 Å². The fourth-order valence-corrected chi connectivity index (χ4v) is 1.95. The lowest BCUT2D eigenvalue weighted by Gasteiger charge is -2.17. The van der Waals surface area contributed by atoms with Crippen LogP contribution in [0.4, 0.5) is 31.1 Å². The van der Waals surface area contributed by atoms with Crippen LogP contribution in [-0.2, 0) is 17.1 Å². The standard InChI is InChI=1S/C16H9F6NO5/c1-26-13(24)11-9(28-14(25)27-8-5-3-2-4-6-8)7-10(15(17,18)19)23-12(11)16(20,21)22/h2-7H,1H3. The number of pyridine rings is 1. The lowest BCUT2D eigenvalue weighted by Crippen LogP contribution is -2.23. The molecule has 0 radical (unpaired) electrons. The first kappa shape index (κ1) is 21.0. The number of benzene rings is 1. The number of para-hydroxylation sites is 1. The Hall–Kier alpha value is -3.31. The predicted octanol–water partition coefficient (Wildman–Crippen LogP) is 4.48. The highest BCUT2D eigenvalue weighted by Gasteiger charge is 2.44. The number of alkyl halides is 6. The van der Waals surface area contributed by atoms with Crippen molar-refractivity contribution in [2.75, 3.05) is 7.11 Å². The molecule has 1 aromatic carbocycles. The van der Waals surface area contributed by atoms with Crippen LogP contribution in [0.15, 0.2) is 36.4 Å². The second-order valence-electron chi connectivity index (χ2n) is 4.98. The van der Waals surface area contributed by atoms with Crippen LogP contribution < -0.4 is 9.47 Å². The van der Waals surface area contributed by atoms with E-state index in [1.807, 2.05) is 0 Å². The van der Waals surface area contributed by atoms with Crippen molar-refractivity contribution in [3.63, 3.8) is 0 Å². The van der Waals surface area contributed by atoms with E-state index in [-0.39, 0.29) is 11.8 Å². The summed E-state index contributed by atoms with van der Waals surface area (Å²) in [5.74, 6) is -3.19. The van der Waals surface area contributed by atoms with E-state index >= 15 is 0 Å². The maximum atomic E-state index is 13.2. The first-order chi connectivity index (χ1) is 12.9. The molecule has 2 aromatic rings. The third kappa shape index (κ3) is 4.90. The molecule has 1 aromatic heterocycles. The van der Waals surface area contributed by atoms with E-state index in [0.717, 1.165) is 0 Å². The second kappa shape index (κ2) is 7.74. The minimum Gasteiger partial charge on any atom is -0.465 e. The zero-order valence-electron chi connectivity index (χ0n) is 13.7. The number of methoxy groups -OCH3 is 1.